The fraction of sp³-hybridized carbons (Fsp3) is 0.375. The van der Waals surface area contributed by atoms with Gasteiger partial charge in [-0.3, -0.25) is 0 Å². The van der Waals surface area contributed by atoms with Gasteiger partial charge in [0.25, 0.3) is 0 Å². The van der Waals surface area contributed by atoms with Crippen molar-refractivity contribution in [1.29, 1.82) is 0 Å². The number of aryl methyl sites for hydroxylation is 1. The third kappa shape index (κ3) is 3.17. The maximum absolute atomic E-state index is 5.99. The molecular weight excluding hydrogens is 284 g/mol. The molecule has 0 bridgehead atoms. The normalized spacial score (nSPS) is 16.2. The van der Waals surface area contributed by atoms with Gasteiger partial charge in [0.15, 0.2) is 0 Å². The maximum atomic E-state index is 5.99. The van der Waals surface area contributed by atoms with Gasteiger partial charge in [-0.15, -0.1) is 0 Å². The van der Waals surface area contributed by atoms with E-state index >= 15 is 0 Å². The van der Waals surface area contributed by atoms with Crippen LogP contribution in [0.4, 0.5) is 5.69 Å². The molecule has 21 heavy (non-hydrogen) atoms. The number of rotatable bonds is 2. The summed E-state index contributed by atoms with van der Waals surface area (Å²) in [5, 5.41) is 0.732. The van der Waals surface area contributed by atoms with E-state index in [4.69, 9.17) is 17.3 Å². The van der Waals surface area contributed by atoms with E-state index in [9.17, 15) is 0 Å². The molecular formula is C16H19ClN4. The van der Waals surface area contributed by atoms with Crippen molar-refractivity contribution in [2.45, 2.75) is 25.8 Å². The lowest BCUT2D eigenvalue weighted by Gasteiger charge is -2.32. The van der Waals surface area contributed by atoms with Crippen molar-refractivity contribution in [1.82, 2.24) is 9.97 Å². The van der Waals surface area contributed by atoms with Crippen molar-refractivity contribution < 1.29 is 0 Å². The van der Waals surface area contributed by atoms with E-state index in [0.29, 0.717) is 6.04 Å². The fourth-order valence-corrected chi connectivity index (χ4v) is 2.78. The number of benzene rings is 1. The zero-order valence-corrected chi connectivity index (χ0v) is 12.8. The molecule has 0 aliphatic carbocycles. The van der Waals surface area contributed by atoms with Gasteiger partial charge in [-0.25, -0.2) is 9.97 Å². The quantitative estimate of drug-likeness (QED) is 0.926. The number of halogens is 1. The van der Waals surface area contributed by atoms with Crippen molar-refractivity contribution in [3.8, 4) is 11.3 Å². The summed E-state index contributed by atoms with van der Waals surface area (Å²) in [4.78, 5) is 11.3. The van der Waals surface area contributed by atoms with Crippen LogP contribution in [0.3, 0.4) is 0 Å². The van der Waals surface area contributed by atoms with Gasteiger partial charge in [0.2, 0.25) is 0 Å². The number of nitrogens with zero attached hydrogens (tertiary/aromatic N) is 3. The average molecular weight is 303 g/mol. The number of anilines is 1. The van der Waals surface area contributed by atoms with E-state index in [1.807, 2.05) is 37.4 Å². The largest absolute Gasteiger partial charge is 0.368 e. The van der Waals surface area contributed by atoms with Crippen LogP contribution in [0.15, 0.2) is 30.5 Å². The van der Waals surface area contributed by atoms with Gasteiger partial charge in [-0.05, 0) is 31.9 Å². The van der Waals surface area contributed by atoms with E-state index in [0.717, 1.165) is 53.7 Å². The second kappa shape index (κ2) is 6.00. The van der Waals surface area contributed by atoms with E-state index in [-0.39, 0.29) is 0 Å². The van der Waals surface area contributed by atoms with Crippen LogP contribution in [0.25, 0.3) is 11.3 Å². The minimum Gasteiger partial charge on any atom is -0.368 e. The van der Waals surface area contributed by atoms with Gasteiger partial charge in [0.05, 0.1) is 17.6 Å². The molecule has 1 aliphatic rings. The first-order valence-electron chi connectivity index (χ1n) is 7.23. The van der Waals surface area contributed by atoms with Gasteiger partial charge in [0, 0.05) is 29.7 Å². The lowest BCUT2D eigenvalue weighted by Crippen LogP contribution is -2.40. The predicted molar refractivity (Wildman–Crippen MR) is 86.6 cm³/mol. The number of aromatic nitrogens is 2. The lowest BCUT2D eigenvalue weighted by atomic mass is 10.0. The Labute approximate surface area is 130 Å². The zero-order chi connectivity index (χ0) is 14.8. The Morgan fingerprint density at radius 2 is 1.86 bits per heavy atom. The summed E-state index contributed by atoms with van der Waals surface area (Å²) in [5.41, 5.74) is 9.10. The Kier molecular flexibility index (Phi) is 4.08. The SMILES string of the molecule is Cc1ncc(N2CCC(N)CC2)c(-c2ccc(Cl)cc2)n1. The van der Waals surface area contributed by atoms with E-state index in [2.05, 4.69) is 14.9 Å². The van der Waals surface area contributed by atoms with Crippen molar-refractivity contribution in [3.63, 3.8) is 0 Å². The lowest BCUT2D eigenvalue weighted by molar-refractivity contribution is 0.501. The third-order valence-corrected chi connectivity index (χ3v) is 4.14. The Hall–Kier alpha value is -1.65. The van der Waals surface area contributed by atoms with E-state index in [1.165, 1.54) is 0 Å². The van der Waals surface area contributed by atoms with Gasteiger partial charge in [-0.1, -0.05) is 23.7 Å². The molecule has 0 unspecified atom stereocenters. The van der Waals surface area contributed by atoms with E-state index < -0.39 is 0 Å². The smallest absolute Gasteiger partial charge is 0.126 e. The first-order valence-corrected chi connectivity index (χ1v) is 7.61. The van der Waals surface area contributed by atoms with Crippen molar-refractivity contribution >= 4 is 17.3 Å². The summed E-state index contributed by atoms with van der Waals surface area (Å²) >= 11 is 5.98. The molecule has 0 saturated carbocycles. The van der Waals surface area contributed by atoms with Crippen LogP contribution < -0.4 is 10.6 Å². The predicted octanol–water partition coefficient (Wildman–Crippen LogP) is 3.03. The fourth-order valence-electron chi connectivity index (χ4n) is 2.66. The molecule has 110 valence electrons. The molecule has 4 nitrogen and oxygen atoms in total. The van der Waals surface area contributed by atoms with Crippen LogP contribution in [0.1, 0.15) is 18.7 Å². The van der Waals surface area contributed by atoms with Crippen LogP contribution in [0.5, 0.6) is 0 Å². The summed E-state index contributed by atoms with van der Waals surface area (Å²) in [6.07, 6.45) is 3.94. The Bertz CT molecular complexity index is 619. The topological polar surface area (TPSA) is 55.0 Å². The Morgan fingerprint density at radius 3 is 2.52 bits per heavy atom. The summed E-state index contributed by atoms with van der Waals surface area (Å²) in [6.45, 7) is 3.82. The standard InChI is InChI=1S/C16H19ClN4/c1-11-19-10-15(21-8-6-14(18)7-9-21)16(20-11)12-2-4-13(17)5-3-12/h2-5,10,14H,6-9,18H2,1H3. The maximum Gasteiger partial charge on any atom is 0.126 e. The van der Waals surface area contributed by atoms with Crippen LogP contribution in [-0.2, 0) is 0 Å². The summed E-state index contributed by atoms with van der Waals surface area (Å²) < 4.78 is 0. The summed E-state index contributed by atoms with van der Waals surface area (Å²) in [5.74, 6) is 0.775. The first-order chi connectivity index (χ1) is 10.1. The number of piperidine rings is 1. The van der Waals surface area contributed by atoms with Crippen LogP contribution in [-0.4, -0.2) is 29.1 Å². The molecule has 3 rings (SSSR count). The number of nitrogens with two attached hydrogens (primary N) is 1. The van der Waals surface area contributed by atoms with Gasteiger partial charge in [0.1, 0.15) is 5.82 Å². The van der Waals surface area contributed by atoms with Gasteiger partial charge < -0.3 is 10.6 Å². The van der Waals surface area contributed by atoms with Crippen LogP contribution >= 0.6 is 11.6 Å². The Balaban J connectivity index is 1.99. The zero-order valence-electron chi connectivity index (χ0n) is 12.1. The average Bonchev–Trinajstić information content (AvgIpc) is 2.49. The second-order valence-corrected chi connectivity index (χ2v) is 5.92. The highest BCUT2D eigenvalue weighted by Gasteiger charge is 2.20. The molecule has 0 amide bonds. The van der Waals surface area contributed by atoms with Crippen LogP contribution in [0, 0.1) is 6.92 Å². The molecule has 2 aromatic rings. The molecule has 1 saturated heterocycles. The highest BCUT2D eigenvalue weighted by molar-refractivity contribution is 6.30. The molecule has 0 atom stereocenters. The van der Waals surface area contributed by atoms with Crippen molar-refractivity contribution in [2.24, 2.45) is 5.73 Å². The Morgan fingerprint density at radius 1 is 1.19 bits per heavy atom. The molecule has 2 N–H and O–H groups in total. The molecule has 1 aromatic heterocycles. The molecule has 0 spiro atoms. The molecule has 0 radical (unpaired) electrons. The van der Waals surface area contributed by atoms with Crippen LogP contribution in [0.2, 0.25) is 5.02 Å². The molecule has 1 aliphatic heterocycles. The molecule has 2 heterocycles. The summed E-state index contributed by atoms with van der Waals surface area (Å²) in [6, 6.07) is 8.10. The van der Waals surface area contributed by atoms with Crippen molar-refractivity contribution in [3.05, 3.63) is 41.3 Å². The molecule has 1 fully saturated rings. The first kappa shape index (κ1) is 14.3. The number of hydrogen-bond acceptors (Lipinski definition) is 4. The highest BCUT2D eigenvalue weighted by atomic mass is 35.5. The third-order valence-electron chi connectivity index (χ3n) is 3.89. The molecule has 1 aromatic carbocycles. The minimum atomic E-state index is 0.312. The minimum absolute atomic E-state index is 0.312. The van der Waals surface area contributed by atoms with Crippen molar-refractivity contribution in [2.75, 3.05) is 18.0 Å². The van der Waals surface area contributed by atoms with Gasteiger partial charge >= 0.3 is 0 Å². The van der Waals surface area contributed by atoms with E-state index in [1.54, 1.807) is 0 Å². The summed E-state index contributed by atoms with van der Waals surface area (Å²) in [7, 11) is 0. The second-order valence-electron chi connectivity index (χ2n) is 5.48. The monoisotopic (exact) mass is 302 g/mol. The molecule has 5 heteroatoms. The van der Waals surface area contributed by atoms with Gasteiger partial charge in [-0.2, -0.15) is 0 Å². The highest BCUT2D eigenvalue weighted by Crippen LogP contribution is 2.31. The number of hydrogen-bond donors (Lipinski definition) is 1.